The van der Waals surface area contributed by atoms with Gasteiger partial charge >= 0.3 is 18.0 Å². The molecule has 0 bridgehead atoms. The molecule has 0 saturated carbocycles. The van der Waals surface area contributed by atoms with Gasteiger partial charge in [-0.25, -0.2) is 14.4 Å². The number of rotatable bonds is 7. The van der Waals surface area contributed by atoms with Gasteiger partial charge in [0.25, 0.3) is 0 Å². The number of piperazine rings is 1. The highest BCUT2D eigenvalue weighted by molar-refractivity contribution is 9.11. The number of anilines is 3. The summed E-state index contributed by atoms with van der Waals surface area (Å²) in [5, 5.41) is 15.5. The number of hydrogen-bond acceptors (Lipinski definition) is 6. The fraction of sp³-hybridized carbons (Fsp3) is 0.371. The van der Waals surface area contributed by atoms with Crippen LogP contribution in [0.4, 0.5) is 26.7 Å². The first kappa shape index (κ1) is 34.6. The maximum absolute atomic E-state index is 14.1. The first-order valence-corrected chi connectivity index (χ1v) is 18.0. The molecule has 3 heterocycles. The van der Waals surface area contributed by atoms with E-state index in [4.69, 9.17) is 5.73 Å². The lowest BCUT2D eigenvalue weighted by atomic mass is 10.0. The number of nitrogens with two attached hydrogens (primary N) is 1. The molecule has 258 valence electrons. The molecule has 0 spiro atoms. The van der Waals surface area contributed by atoms with Gasteiger partial charge < -0.3 is 41.1 Å². The van der Waals surface area contributed by atoms with E-state index in [1.165, 1.54) is 0 Å². The Morgan fingerprint density at radius 2 is 1.59 bits per heavy atom. The molecule has 14 heteroatoms. The van der Waals surface area contributed by atoms with E-state index in [-0.39, 0.29) is 36.0 Å². The Morgan fingerprint density at radius 1 is 0.898 bits per heavy atom. The number of nitrogens with zero attached hydrogens (tertiary/aromatic N) is 4. The van der Waals surface area contributed by atoms with Crippen LogP contribution in [0.25, 0.3) is 0 Å². The number of carbonyl (C=O) groups excluding carboxylic acids is 3. The van der Waals surface area contributed by atoms with Crippen molar-refractivity contribution in [3.05, 3.63) is 86.3 Å². The number of benzene rings is 3. The van der Waals surface area contributed by atoms with Crippen LogP contribution in [-0.4, -0.2) is 102 Å². The summed E-state index contributed by atoms with van der Waals surface area (Å²) < 4.78 is 1.38. The van der Waals surface area contributed by atoms with E-state index in [2.05, 4.69) is 47.4 Å². The van der Waals surface area contributed by atoms with Crippen molar-refractivity contribution in [2.75, 3.05) is 61.8 Å². The first-order valence-electron chi connectivity index (χ1n) is 16.4. The Balaban J connectivity index is 1.10. The second-order valence-corrected chi connectivity index (χ2v) is 14.3. The van der Waals surface area contributed by atoms with Gasteiger partial charge in [0.1, 0.15) is 6.04 Å². The van der Waals surface area contributed by atoms with Crippen LogP contribution in [0, 0.1) is 0 Å². The Hall–Kier alpha value is -4.30. The quantitative estimate of drug-likeness (QED) is 0.246. The number of fused-ring (bicyclic) bond motifs is 1. The zero-order valence-electron chi connectivity index (χ0n) is 26.9. The van der Waals surface area contributed by atoms with E-state index in [0.717, 1.165) is 28.9 Å². The molecule has 2 fully saturated rings. The minimum absolute atomic E-state index is 0.00718. The molecule has 5 amide bonds. The number of nitrogen functional groups attached to an aromatic ring is 1. The van der Waals surface area contributed by atoms with Crippen molar-refractivity contribution in [1.29, 1.82) is 0 Å². The molecule has 49 heavy (non-hydrogen) atoms. The molecule has 0 aliphatic carbocycles. The predicted molar refractivity (Wildman–Crippen MR) is 195 cm³/mol. The molecule has 12 nitrogen and oxygen atoms in total. The van der Waals surface area contributed by atoms with Gasteiger partial charge in [0, 0.05) is 78.6 Å². The number of hydrogen-bond donors (Lipinski definition) is 4. The fourth-order valence-corrected chi connectivity index (χ4v) is 8.07. The molecule has 5 N–H and O–H groups in total. The van der Waals surface area contributed by atoms with Gasteiger partial charge in [0.15, 0.2) is 0 Å². The molecule has 3 aliphatic heterocycles. The van der Waals surface area contributed by atoms with E-state index in [0.29, 0.717) is 73.3 Å². The number of carbonyl (C=O) groups is 4. The fourth-order valence-electron chi connectivity index (χ4n) is 6.79. The van der Waals surface area contributed by atoms with Crippen LogP contribution in [0.3, 0.4) is 0 Å². The number of amides is 5. The smallest absolute Gasteiger partial charge is 0.335 e. The van der Waals surface area contributed by atoms with E-state index >= 15 is 0 Å². The summed E-state index contributed by atoms with van der Waals surface area (Å²) in [5.74, 6) is -1.18. The average molecular weight is 798 g/mol. The van der Waals surface area contributed by atoms with Crippen LogP contribution in [0.2, 0.25) is 0 Å². The largest absolute Gasteiger partial charge is 0.478 e. The lowest BCUT2D eigenvalue weighted by Crippen LogP contribution is -2.58. The molecule has 3 aliphatic rings. The molecular formula is C35H39Br2N7O5. The average Bonchev–Trinajstić information content (AvgIpc) is 3.28. The van der Waals surface area contributed by atoms with Crippen LogP contribution in [-0.2, 0) is 17.6 Å². The second kappa shape index (κ2) is 15.1. The molecule has 2 saturated heterocycles. The molecule has 3 aromatic carbocycles. The van der Waals surface area contributed by atoms with Crippen LogP contribution in [0.1, 0.15) is 34.3 Å². The topological polar surface area (TPSA) is 152 Å². The zero-order chi connectivity index (χ0) is 34.7. The summed E-state index contributed by atoms with van der Waals surface area (Å²) in [7, 11) is 0. The number of likely N-dealkylation sites (tertiary alicyclic amines) is 1. The highest BCUT2D eigenvalue weighted by atomic mass is 79.9. The van der Waals surface area contributed by atoms with Crippen LogP contribution < -0.4 is 21.3 Å². The maximum atomic E-state index is 14.1. The number of para-hydroxylation sites is 1. The minimum Gasteiger partial charge on any atom is -0.478 e. The van der Waals surface area contributed by atoms with Gasteiger partial charge in [0.2, 0.25) is 5.91 Å². The molecule has 6 rings (SSSR count). The van der Waals surface area contributed by atoms with Gasteiger partial charge in [-0.3, -0.25) is 4.79 Å². The van der Waals surface area contributed by atoms with E-state index in [1.54, 1.807) is 28.0 Å². The Kier molecular flexibility index (Phi) is 10.6. The van der Waals surface area contributed by atoms with Gasteiger partial charge in [-0.05, 0) is 98.6 Å². The number of urea groups is 2. The number of halogens is 2. The minimum atomic E-state index is -0.988. The highest BCUT2D eigenvalue weighted by Crippen LogP contribution is 2.31. The maximum Gasteiger partial charge on any atom is 0.335 e. The summed E-state index contributed by atoms with van der Waals surface area (Å²) in [6.07, 6.45) is 2.30. The third-order valence-corrected chi connectivity index (χ3v) is 10.9. The number of carboxylic acid groups (broad SMARTS) is 1. The summed E-state index contributed by atoms with van der Waals surface area (Å²) >= 11 is 6.98. The van der Waals surface area contributed by atoms with Crippen molar-refractivity contribution in [2.45, 2.75) is 37.8 Å². The summed E-state index contributed by atoms with van der Waals surface area (Å²) in [6.45, 7) is 3.42. The lowest BCUT2D eigenvalue weighted by Gasteiger charge is -2.39. The monoisotopic (exact) mass is 795 g/mol. The number of nitrogens with one attached hydrogen (secondary N) is 2. The van der Waals surface area contributed by atoms with Crippen LogP contribution in [0.5, 0.6) is 0 Å². The Bertz CT molecular complexity index is 1720. The summed E-state index contributed by atoms with van der Waals surface area (Å²) in [6, 6.07) is 17.1. The van der Waals surface area contributed by atoms with E-state index in [9.17, 15) is 24.3 Å². The van der Waals surface area contributed by atoms with Gasteiger partial charge in [-0.1, -0.05) is 24.3 Å². The van der Waals surface area contributed by atoms with Gasteiger partial charge in [0.05, 0.1) is 11.3 Å². The van der Waals surface area contributed by atoms with Crippen LogP contribution in [0.15, 0.2) is 69.6 Å². The van der Waals surface area contributed by atoms with Crippen LogP contribution >= 0.6 is 31.9 Å². The van der Waals surface area contributed by atoms with Crippen molar-refractivity contribution in [3.8, 4) is 0 Å². The third-order valence-electron chi connectivity index (χ3n) is 9.56. The van der Waals surface area contributed by atoms with E-state index < -0.39 is 12.0 Å². The van der Waals surface area contributed by atoms with Crippen molar-refractivity contribution in [1.82, 2.24) is 20.0 Å². The SMILES string of the molecule is Nc1c(Br)cc(C[C@@H](NC(=O)N2CCC(N3CCc4ccccc4NC3=O)CC2)C(=O)N2CCN(c3cccc(C(=O)O)c3)CC2)cc1Br. The molecule has 0 radical (unpaired) electrons. The van der Waals surface area contributed by atoms with Crippen molar-refractivity contribution < 1.29 is 24.3 Å². The predicted octanol–water partition coefficient (Wildman–Crippen LogP) is 5.02. The Labute approximate surface area is 301 Å². The second-order valence-electron chi connectivity index (χ2n) is 12.6. The van der Waals surface area contributed by atoms with E-state index in [1.807, 2.05) is 47.4 Å². The van der Waals surface area contributed by atoms with Crippen molar-refractivity contribution >= 4 is 72.9 Å². The Morgan fingerprint density at radius 3 is 2.29 bits per heavy atom. The number of piperidine rings is 1. The number of aromatic carboxylic acids is 1. The highest BCUT2D eigenvalue weighted by Gasteiger charge is 2.34. The molecule has 0 unspecified atom stereocenters. The summed E-state index contributed by atoms with van der Waals surface area (Å²) in [5.41, 5.74) is 10.4. The molecule has 1 atom stereocenters. The first-order chi connectivity index (χ1) is 23.6. The van der Waals surface area contributed by atoms with Gasteiger partial charge in [-0.15, -0.1) is 0 Å². The molecular weight excluding hydrogens is 758 g/mol. The third kappa shape index (κ3) is 7.96. The zero-order valence-corrected chi connectivity index (χ0v) is 30.1. The normalized spacial score (nSPS) is 17.6. The summed E-state index contributed by atoms with van der Waals surface area (Å²) in [4.78, 5) is 59.8. The molecule has 3 aromatic rings. The lowest BCUT2D eigenvalue weighted by molar-refractivity contribution is -0.133. The van der Waals surface area contributed by atoms with Crippen molar-refractivity contribution in [3.63, 3.8) is 0 Å². The van der Waals surface area contributed by atoms with Gasteiger partial charge in [-0.2, -0.15) is 0 Å². The molecule has 0 aromatic heterocycles. The number of carboxylic acids is 1. The standard InChI is InChI=1S/C35H39Br2N7O5/c36-27-18-22(19-28(37)31(27)38)20-30(32(45)42-16-14-41(15-17-42)26-6-3-5-24(21-26)33(46)47)40-34(48)43-11-9-25(10-12-43)44-13-8-23-4-1-2-7-29(23)39-35(44)49/h1-7,18-19,21,25,30H,8-17,20,38H2,(H,39,49)(H,40,48)(H,46,47)/t30-/m1/s1. The van der Waals surface area contributed by atoms with Crippen molar-refractivity contribution in [2.24, 2.45) is 0 Å².